The quantitative estimate of drug-likeness (QED) is 0.396. The third kappa shape index (κ3) is 5.91. The Labute approximate surface area is 220 Å². The van der Waals surface area contributed by atoms with E-state index >= 15 is 0 Å². The van der Waals surface area contributed by atoms with E-state index in [2.05, 4.69) is 20.0 Å². The van der Waals surface area contributed by atoms with Gasteiger partial charge < -0.3 is 14.8 Å². The van der Waals surface area contributed by atoms with Crippen molar-refractivity contribution >= 4 is 22.5 Å². The van der Waals surface area contributed by atoms with Crippen molar-refractivity contribution in [2.24, 2.45) is 0 Å². The van der Waals surface area contributed by atoms with Gasteiger partial charge in [-0.3, -0.25) is 24.0 Å². The molecule has 12 heteroatoms. The highest BCUT2D eigenvalue weighted by molar-refractivity contribution is 5.96. The molecule has 0 spiro atoms. The average molecular weight is 540 g/mol. The van der Waals surface area contributed by atoms with Gasteiger partial charge in [-0.05, 0) is 48.9 Å². The van der Waals surface area contributed by atoms with Crippen LogP contribution in [0.5, 0.6) is 5.75 Å². The summed E-state index contributed by atoms with van der Waals surface area (Å²) in [6, 6.07) is 11.8. The molecule has 3 heterocycles. The molecule has 0 radical (unpaired) electrons. The van der Waals surface area contributed by atoms with Crippen molar-refractivity contribution in [2.45, 2.75) is 19.3 Å². The average Bonchev–Trinajstić information content (AvgIpc) is 2.94. The van der Waals surface area contributed by atoms with E-state index < -0.39 is 29.6 Å². The number of hydrogen-bond donors (Lipinski definition) is 1. The summed E-state index contributed by atoms with van der Waals surface area (Å²) in [5.41, 5.74) is 1.68. The number of anilines is 1. The fourth-order valence-corrected chi connectivity index (χ4v) is 4.37. The summed E-state index contributed by atoms with van der Waals surface area (Å²) < 4.78 is 49.9. The molecule has 4 aromatic rings. The first-order valence-electron chi connectivity index (χ1n) is 12.1. The molecule has 0 bridgehead atoms. The number of alkyl halides is 3. The molecule has 0 aliphatic carbocycles. The maximum atomic E-state index is 13.3. The van der Waals surface area contributed by atoms with Gasteiger partial charge in [-0.15, -0.1) is 13.2 Å². The molecule has 5 rings (SSSR count). The van der Waals surface area contributed by atoms with Crippen LogP contribution >= 0.6 is 0 Å². The highest BCUT2D eigenvalue weighted by Gasteiger charge is 2.33. The van der Waals surface area contributed by atoms with Crippen LogP contribution in [0.15, 0.2) is 72.0 Å². The number of fused-ring (bicyclic) bond motifs is 1. The van der Waals surface area contributed by atoms with Gasteiger partial charge in [0.25, 0.3) is 5.56 Å². The highest BCUT2D eigenvalue weighted by Crippen LogP contribution is 2.32. The molecule has 1 N–H and O–H groups in total. The zero-order valence-corrected chi connectivity index (χ0v) is 20.8. The van der Waals surface area contributed by atoms with Crippen molar-refractivity contribution in [3.8, 4) is 22.6 Å². The number of carbonyl (C=O) groups excluding carboxylic acids is 1. The number of rotatable bonds is 6. The Morgan fingerprint density at radius 1 is 1.10 bits per heavy atom. The van der Waals surface area contributed by atoms with Crippen LogP contribution in [0.3, 0.4) is 0 Å². The van der Waals surface area contributed by atoms with E-state index in [0.717, 1.165) is 17.2 Å². The number of ether oxygens (including phenoxy) is 2. The van der Waals surface area contributed by atoms with Gasteiger partial charge in [-0.2, -0.15) is 0 Å². The molecule has 39 heavy (non-hydrogen) atoms. The van der Waals surface area contributed by atoms with E-state index in [4.69, 9.17) is 4.74 Å². The number of nitrogens with one attached hydrogen (secondary N) is 1. The Kier molecular flexibility index (Phi) is 7.31. The summed E-state index contributed by atoms with van der Waals surface area (Å²) in [5.74, 6) is -1.12. The van der Waals surface area contributed by atoms with Crippen molar-refractivity contribution in [3.05, 3.63) is 77.6 Å². The van der Waals surface area contributed by atoms with E-state index in [1.54, 1.807) is 43.6 Å². The number of hydrogen-bond acceptors (Lipinski definition) is 7. The SMILES string of the molecule is CC(C(=O)Nc1cc(-n2cnc3cc(-c4cccnc4)ccc3c2=O)ccc1OC(F)(F)F)N1CCOCC1. The third-order valence-corrected chi connectivity index (χ3v) is 6.45. The van der Waals surface area contributed by atoms with Gasteiger partial charge in [-0.1, -0.05) is 12.1 Å². The van der Waals surface area contributed by atoms with E-state index in [9.17, 15) is 22.8 Å². The Morgan fingerprint density at radius 3 is 2.62 bits per heavy atom. The Bertz CT molecular complexity index is 1550. The van der Waals surface area contributed by atoms with E-state index in [1.165, 1.54) is 23.0 Å². The molecule has 1 atom stereocenters. The summed E-state index contributed by atoms with van der Waals surface area (Å²) >= 11 is 0. The molecule has 1 aliphatic rings. The predicted octanol–water partition coefficient (Wildman–Crippen LogP) is 4.01. The lowest BCUT2D eigenvalue weighted by Crippen LogP contribution is -2.47. The number of morpholine rings is 1. The largest absolute Gasteiger partial charge is 0.573 e. The lowest BCUT2D eigenvalue weighted by atomic mass is 10.1. The molecule has 2 aromatic carbocycles. The highest BCUT2D eigenvalue weighted by atomic mass is 19.4. The van der Waals surface area contributed by atoms with Crippen LogP contribution in [-0.4, -0.2) is 64.0 Å². The molecule has 1 unspecified atom stereocenters. The zero-order valence-electron chi connectivity index (χ0n) is 20.8. The summed E-state index contributed by atoms with van der Waals surface area (Å²) in [6.07, 6.45) is -0.335. The standard InChI is InChI=1S/C27H24F3N5O4/c1-17(34-9-11-38-12-10-34)25(36)33-23-14-20(5-7-24(23)39-27(28,29)30)35-16-32-22-13-18(4-6-21(22)26(35)37)19-3-2-8-31-15-19/h2-8,13-17H,9-12H2,1H3,(H,33,36). The predicted molar refractivity (Wildman–Crippen MR) is 138 cm³/mol. The van der Waals surface area contributed by atoms with Crippen molar-refractivity contribution in [3.63, 3.8) is 0 Å². The summed E-state index contributed by atoms with van der Waals surface area (Å²) in [4.78, 5) is 36.6. The molecule has 1 amide bonds. The fourth-order valence-electron chi connectivity index (χ4n) is 4.37. The summed E-state index contributed by atoms with van der Waals surface area (Å²) in [5, 5.41) is 2.85. The molecule has 9 nitrogen and oxygen atoms in total. The van der Waals surface area contributed by atoms with Gasteiger partial charge in [-0.25, -0.2) is 4.98 Å². The van der Waals surface area contributed by atoms with Gasteiger partial charge in [0.1, 0.15) is 6.33 Å². The van der Waals surface area contributed by atoms with Crippen LogP contribution in [0.1, 0.15) is 6.92 Å². The lowest BCUT2D eigenvalue weighted by Gasteiger charge is -2.31. The van der Waals surface area contributed by atoms with Gasteiger partial charge in [0, 0.05) is 31.0 Å². The van der Waals surface area contributed by atoms with Crippen LogP contribution in [0.2, 0.25) is 0 Å². The van der Waals surface area contributed by atoms with E-state index in [-0.39, 0.29) is 11.4 Å². The number of nitrogens with zero attached hydrogens (tertiary/aromatic N) is 4. The van der Waals surface area contributed by atoms with Gasteiger partial charge >= 0.3 is 6.36 Å². The fraction of sp³-hybridized carbons (Fsp3) is 0.259. The Hall–Kier alpha value is -4.29. The molecule has 202 valence electrons. The first-order valence-corrected chi connectivity index (χ1v) is 12.1. The van der Waals surface area contributed by atoms with Crippen LogP contribution in [0.25, 0.3) is 27.7 Å². The van der Waals surface area contributed by atoms with Gasteiger partial charge in [0.05, 0.1) is 41.5 Å². The normalized spacial score (nSPS) is 15.2. The molecule has 2 aromatic heterocycles. The minimum absolute atomic E-state index is 0.203. The topological polar surface area (TPSA) is 98.6 Å². The maximum absolute atomic E-state index is 13.3. The minimum atomic E-state index is -4.98. The number of aromatic nitrogens is 3. The number of benzene rings is 2. The van der Waals surface area contributed by atoms with Gasteiger partial charge in [0.15, 0.2) is 5.75 Å². The first kappa shape index (κ1) is 26.3. The second-order valence-corrected chi connectivity index (χ2v) is 8.94. The Morgan fingerprint density at radius 2 is 1.90 bits per heavy atom. The lowest BCUT2D eigenvalue weighted by molar-refractivity contribution is -0.274. The van der Waals surface area contributed by atoms with Crippen molar-refractivity contribution < 1.29 is 27.4 Å². The van der Waals surface area contributed by atoms with Crippen LogP contribution in [0, 0.1) is 0 Å². The molecule has 1 aliphatic heterocycles. The second kappa shape index (κ2) is 10.8. The van der Waals surface area contributed by atoms with Crippen molar-refractivity contribution in [1.82, 2.24) is 19.4 Å². The molecule has 1 fully saturated rings. The van der Waals surface area contributed by atoms with E-state index in [0.29, 0.717) is 37.2 Å². The zero-order chi connectivity index (χ0) is 27.6. The third-order valence-electron chi connectivity index (χ3n) is 6.45. The summed E-state index contributed by atoms with van der Waals surface area (Å²) in [7, 11) is 0. The first-order chi connectivity index (χ1) is 18.7. The number of amides is 1. The monoisotopic (exact) mass is 539 g/mol. The Balaban J connectivity index is 1.49. The number of carbonyl (C=O) groups is 1. The number of halogens is 3. The van der Waals surface area contributed by atoms with Crippen molar-refractivity contribution in [2.75, 3.05) is 31.6 Å². The van der Waals surface area contributed by atoms with Crippen LogP contribution in [-0.2, 0) is 9.53 Å². The van der Waals surface area contributed by atoms with Crippen molar-refractivity contribution in [1.29, 1.82) is 0 Å². The molecular formula is C27H24F3N5O4. The summed E-state index contributed by atoms with van der Waals surface area (Å²) in [6.45, 7) is 3.60. The van der Waals surface area contributed by atoms with Crippen LogP contribution < -0.4 is 15.6 Å². The maximum Gasteiger partial charge on any atom is 0.573 e. The van der Waals surface area contributed by atoms with Crippen LogP contribution in [0.4, 0.5) is 18.9 Å². The smallest absolute Gasteiger partial charge is 0.404 e. The molecule has 1 saturated heterocycles. The molecule has 0 saturated carbocycles. The second-order valence-electron chi connectivity index (χ2n) is 8.94. The van der Waals surface area contributed by atoms with E-state index in [1.807, 2.05) is 11.0 Å². The number of pyridine rings is 1. The van der Waals surface area contributed by atoms with Gasteiger partial charge in [0.2, 0.25) is 5.91 Å². The molecular weight excluding hydrogens is 515 g/mol. The minimum Gasteiger partial charge on any atom is -0.404 e.